The van der Waals surface area contributed by atoms with E-state index in [4.69, 9.17) is 4.74 Å². The highest BCUT2D eigenvalue weighted by molar-refractivity contribution is 5.54. The van der Waals surface area contributed by atoms with Gasteiger partial charge < -0.3 is 9.53 Å². The van der Waals surface area contributed by atoms with Crippen LogP contribution in [-0.4, -0.2) is 19.5 Å². The van der Waals surface area contributed by atoms with Gasteiger partial charge in [0.15, 0.2) is 0 Å². The van der Waals surface area contributed by atoms with E-state index >= 15 is 0 Å². The molecule has 0 saturated heterocycles. The van der Waals surface area contributed by atoms with Crippen LogP contribution in [0, 0.1) is 5.92 Å². The fourth-order valence-corrected chi connectivity index (χ4v) is 1.04. The number of hydrogen-bond donors (Lipinski definition) is 0. The molecule has 0 N–H and O–H groups in total. The Morgan fingerprint density at radius 2 is 2.33 bits per heavy atom. The van der Waals surface area contributed by atoms with Crippen LogP contribution in [0.4, 0.5) is 0 Å². The molecule has 2 heteroatoms. The zero-order valence-electron chi connectivity index (χ0n) is 8.01. The highest BCUT2D eigenvalue weighted by Crippen LogP contribution is 2.11. The molecule has 0 fully saturated rings. The number of allylic oxidation sites excluding steroid dienone is 1. The van der Waals surface area contributed by atoms with Crippen molar-refractivity contribution in [3.63, 3.8) is 0 Å². The molecule has 70 valence electrons. The van der Waals surface area contributed by atoms with E-state index < -0.39 is 0 Å². The smallest absolute Gasteiger partial charge is 0.123 e. The quantitative estimate of drug-likeness (QED) is 0.332. The molecule has 0 radical (unpaired) electrons. The highest BCUT2D eigenvalue weighted by atomic mass is 16.5. The minimum atomic E-state index is 0.0917. The number of rotatable bonds is 7. The third-order valence-corrected chi connectivity index (χ3v) is 1.64. The summed E-state index contributed by atoms with van der Waals surface area (Å²) in [6.07, 6.45) is 2.59. The number of hydrogen-bond acceptors (Lipinski definition) is 2. The summed E-state index contributed by atoms with van der Waals surface area (Å²) in [6.45, 7) is 9.06. The van der Waals surface area contributed by atoms with Crippen LogP contribution in [0.3, 0.4) is 0 Å². The van der Waals surface area contributed by atoms with Gasteiger partial charge in [-0.05, 0) is 26.7 Å². The second-order valence-electron chi connectivity index (χ2n) is 3.04. The van der Waals surface area contributed by atoms with Crippen molar-refractivity contribution in [3.8, 4) is 0 Å². The lowest BCUT2D eigenvalue weighted by atomic mass is 10.00. The Hall–Kier alpha value is -0.630. The molecule has 0 aliphatic carbocycles. The minimum Gasteiger partial charge on any atom is -0.382 e. The Morgan fingerprint density at radius 3 is 2.75 bits per heavy atom. The number of carbonyl (C=O) groups is 1. The number of ether oxygens (including phenoxy) is 1. The fourth-order valence-electron chi connectivity index (χ4n) is 1.04. The highest BCUT2D eigenvalue weighted by Gasteiger charge is 2.06. The SMILES string of the molecule is C=C(C)CC(C=O)CCOCC. The van der Waals surface area contributed by atoms with Crippen molar-refractivity contribution in [1.29, 1.82) is 0 Å². The van der Waals surface area contributed by atoms with E-state index in [1.807, 2.05) is 13.8 Å². The van der Waals surface area contributed by atoms with Crippen molar-refractivity contribution < 1.29 is 9.53 Å². The number of carbonyl (C=O) groups excluding carboxylic acids is 1. The molecule has 0 heterocycles. The lowest BCUT2D eigenvalue weighted by Crippen LogP contribution is -2.07. The molecular formula is C10H18O2. The van der Waals surface area contributed by atoms with E-state index in [0.29, 0.717) is 6.61 Å². The molecule has 0 amide bonds. The van der Waals surface area contributed by atoms with E-state index in [9.17, 15) is 4.79 Å². The van der Waals surface area contributed by atoms with Crippen LogP contribution >= 0.6 is 0 Å². The van der Waals surface area contributed by atoms with E-state index in [2.05, 4.69) is 6.58 Å². The number of aldehydes is 1. The van der Waals surface area contributed by atoms with Crippen LogP contribution < -0.4 is 0 Å². The van der Waals surface area contributed by atoms with E-state index in [0.717, 1.165) is 31.3 Å². The topological polar surface area (TPSA) is 26.3 Å². The van der Waals surface area contributed by atoms with Crippen molar-refractivity contribution >= 4 is 6.29 Å². The van der Waals surface area contributed by atoms with Crippen molar-refractivity contribution in [3.05, 3.63) is 12.2 Å². The predicted octanol–water partition coefficient (Wildman–Crippen LogP) is 2.19. The molecular weight excluding hydrogens is 152 g/mol. The molecule has 1 atom stereocenters. The van der Waals surface area contributed by atoms with Gasteiger partial charge in [-0.1, -0.05) is 5.57 Å². The first-order valence-electron chi connectivity index (χ1n) is 4.38. The maximum atomic E-state index is 10.5. The predicted molar refractivity (Wildman–Crippen MR) is 50.1 cm³/mol. The first kappa shape index (κ1) is 11.4. The molecule has 0 aliphatic heterocycles. The first-order chi connectivity index (χ1) is 5.70. The maximum absolute atomic E-state index is 10.5. The van der Waals surface area contributed by atoms with Gasteiger partial charge in [-0.3, -0.25) is 0 Å². The summed E-state index contributed by atoms with van der Waals surface area (Å²) in [7, 11) is 0. The van der Waals surface area contributed by atoms with E-state index in [1.54, 1.807) is 0 Å². The van der Waals surface area contributed by atoms with Crippen LogP contribution in [0.25, 0.3) is 0 Å². The molecule has 0 rings (SSSR count). The van der Waals surface area contributed by atoms with Gasteiger partial charge in [0.1, 0.15) is 6.29 Å². The average molecular weight is 170 g/mol. The minimum absolute atomic E-state index is 0.0917. The lowest BCUT2D eigenvalue weighted by molar-refractivity contribution is -0.111. The van der Waals surface area contributed by atoms with Gasteiger partial charge in [0.25, 0.3) is 0 Å². The van der Waals surface area contributed by atoms with Crippen LogP contribution in [-0.2, 0) is 9.53 Å². The zero-order chi connectivity index (χ0) is 9.40. The summed E-state index contributed by atoms with van der Waals surface area (Å²) < 4.78 is 5.16. The molecule has 0 aliphatic rings. The Bertz CT molecular complexity index is 141. The Labute approximate surface area is 74.6 Å². The summed E-state index contributed by atoms with van der Waals surface area (Å²) in [5.74, 6) is 0.0917. The monoisotopic (exact) mass is 170 g/mol. The molecule has 0 saturated carbocycles. The second-order valence-corrected chi connectivity index (χ2v) is 3.04. The third kappa shape index (κ3) is 6.10. The Kier molecular flexibility index (Phi) is 6.67. The van der Waals surface area contributed by atoms with Gasteiger partial charge in [-0.2, -0.15) is 0 Å². The van der Waals surface area contributed by atoms with Gasteiger partial charge >= 0.3 is 0 Å². The molecule has 0 aromatic rings. The Balaban J connectivity index is 3.53. The fraction of sp³-hybridized carbons (Fsp3) is 0.700. The van der Waals surface area contributed by atoms with E-state index in [1.165, 1.54) is 0 Å². The van der Waals surface area contributed by atoms with Crippen LogP contribution in [0.15, 0.2) is 12.2 Å². The third-order valence-electron chi connectivity index (χ3n) is 1.64. The normalized spacial score (nSPS) is 12.5. The van der Waals surface area contributed by atoms with Crippen molar-refractivity contribution in [2.24, 2.45) is 5.92 Å². The van der Waals surface area contributed by atoms with Gasteiger partial charge in [0.2, 0.25) is 0 Å². The summed E-state index contributed by atoms with van der Waals surface area (Å²) in [4.78, 5) is 10.5. The van der Waals surface area contributed by atoms with Gasteiger partial charge in [0, 0.05) is 19.1 Å². The van der Waals surface area contributed by atoms with Crippen molar-refractivity contribution in [2.75, 3.05) is 13.2 Å². The summed E-state index contributed by atoms with van der Waals surface area (Å²) in [5, 5.41) is 0. The van der Waals surface area contributed by atoms with Crippen molar-refractivity contribution in [2.45, 2.75) is 26.7 Å². The molecule has 0 aromatic heterocycles. The summed E-state index contributed by atoms with van der Waals surface area (Å²) >= 11 is 0. The molecule has 1 unspecified atom stereocenters. The molecule has 0 aromatic carbocycles. The first-order valence-corrected chi connectivity index (χ1v) is 4.38. The Morgan fingerprint density at radius 1 is 1.67 bits per heavy atom. The van der Waals surface area contributed by atoms with Crippen LogP contribution in [0.5, 0.6) is 0 Å². The molecule has 2 nitrogen and oxygen atoms in total. The summed E-state index contributed by atoms with van der Waals surface area (Å²) in [6, 6.07) is 0. The molecule has 0 bridgehead atoms. The maximum Gasteiger partial charge on any atom is 0.123 e. The molecule has 0 spiro atoms. The van der Waals surface area contributed by atoms with Crippen LogP contribution in [0.1, 0.15) is 26.7 Å². The average Bonchev–Trinajstić information content (AvgIpc) is 2.02. The van der Waals surface area contributed by atoms with Crippen molar-refractivity contribution in [1.82, 2.24) is 0 Å². The van der Waals surface area contributed by atoms with Crippen LogP contribution in [0.2, 0.25) is 0 Å². The second kappa shape index (κ2) is 7.04. The van der Waals surface area contributed by atoms with Gasteiger partial charge in [-0.15, -0.1) is 6.58 Å². The van der Waals surface area contributed by atoms with Gasteiger partial charge in [-0.25, -0.2) is 0 Å². The van der Waals surface area contributed by atoms with Gasteiger partial charge in [0.05, 0.1) is 0 Å². The molecule has 12 heavy (non-hydrogen) atoms. The standard InChI is InChI=1S/C10H18O2/c1-4-12-6-5-10(8-11)7-9(2)3/h8,10H,2,4-7H2,1,3H3. The lowest BCUT2D eigenvalue weighted by Gasteiger charge is -2.08. The largest absolute Gasteiger partial charge is 0.382 e. The summed E-state index contributed by atoms with van der Waals surface area (Å²) in [5.41, 5.74) is 1.06. The zero-order valence-corrected chi connectivity index (χ0v) is 8.01. The van der Waals surface area contributed by atoms with E-state index in [-0.39, 0.29) is 5.92 Å².